The number of carbonyl (C=O) groups excluding carboxylic acids is 1. The summed E-state index contributed by atoms with van der Waals surface area (Å²) in [6.07, 6.45) is -1.02. The Bertz CT molecular complexity index is 956. The number of carbonyl (C=O) groups is 2. The lowest BCUT2D eigenvalue weighted by molar-refractivity contribution is 0.101. The smallest absolute Gasteiger partial charge is 0.407 e. The number of likely N-dealkylation sites (tertiary alicyclic amines) is 1. The average molecular weight is 485 g/mol. The van der Waals surface area contributed by atoms with Crippen LogP contribution < -0.4 is 10.6 Å². The minimum absolute atomic E-state index is 0.161. The van der Waals surface area contributed by atoms with Crippen molar-refractivity contribution in [3.05, 3.63) is 63.1 Å². The predicted octanol–water partition coefficient (Wildman–Crippen LogP) is 6.33. The molecule has 0 aromatic heterocycles. The second-order valence-corrected chi connectivity index (χ2v) is 10.00. The SMILES string of the molecule is CC(C)(C)C1[C@@H](c2ccc(Cl)cc2)[C@@H](NC(=O)Nc2cc(Cl)cc(Cl)c2)CN1C(=O)O. The Kier molecular flexibility index (Phi) is 6.94. The van der Waals surface area contributed by atoms with Gasteiger partial charge in [0.25, 0.3) is 0 Å². The van der Waals surface area contributed by atoms with Crippen LogP contribution in [0.3, 0.4) is 0 Å². The van der Waals surface area contributed by atoms with Crippen LogP contribution in [0.2, 0.25) is 15.1 Å². The maximum Gasteiger partial charge on any atom is 0.407 e. The first kappa shape index (κ1) is 23.5. The molecule has 1 fully saturated rings. The number of benzene rings is 2. The Hall–Kier alpha value is -2.15. The fourth-order valence-electron chi connectivity index (χ4n) is 4.25. The van der Waals surface area contributed by atoms with Crippen LogP contribution in [0.15, 0.2) is 42.5 Å². The van der Waals surface area contributed by atoms with Gasteiger partial charge in [0.05, 0.1) is 6.04 Å². The van der Waals surface area contributed by atoms with E-state index in [0.29, 0.717) is 20.8 Å². The highest BCUT2D eigenvalue weighted by Crippen LogP contribution is 2.43. The maximum absolute atomic E-state index is 12.8. The number of amides is 3. The van der Waals surface area contributed by atoms with E-state index in [9.17, 15) is 14.7 Å². The molecule has 2 aromatic carbocycles. The summed E-state index contributed by atoms with van der Waals surface area (Å²) in [6, 6.07) is 10.8. The second kappa shape index (κ2) is 9.15. The lowest BCUT2D eigenvalue weighted by atomic mass is 9.75. The molecule has 1 aliphatic heterocycles. The third-order valence-electron chi connectivity index (χ3n) is 5.33. The fourth-order valence-corrected chi connectivity index (χ4v) is 4.90. The van der Waals surface area contributed by atoms with Crippen molar-refractivity contribution in [1.29, 1.82) is 0 Å². The molecule has 166 valence electrons. The van der Waals surface area contributed by atoms with E-state index in [4.69, 9.17) is 34.8 Å². The third kappa shape index (κ3) is 5.56. The number of nitrogens with zero attached hydrogens (tertiary/aromatic N) is 1. The van der Waals surface area contributed by atoms with Gasteiger partial charge in [-0.1, -0.05) is 67.7 Å². The fraction of sp³-hybridized carbons (Fsp3) is 0.364. The van der Waals surface area contributed by atoms with E-state index in [1.807, 2.05) is 32.9 Å². The first-order chi connectivity index (χ1) is 14.5. The molecule has 9 heteroatoms. The van der Waals surface area contributed by atoms with Gasteiger partial charge in [-0.3, -0.25) is 0 Å². The van der Waals surface area contributed by atoms with Gasteiger partial charge in [0.1, 0.15) is 0 Å². The van der Waals surface area contributed by atoms with E-state index in [2.05, 4.69) is 10.6 Å². The van der Waals surface area contributed by atoms with E-state index in [0.717, 1.165) is 5.56 Å². The lowest BCUT2D eigenvalue weighted by Crippen LogP contribution is -2.45. The zero-order valence-corrected chi connectivity index (χ0v) is 19.6. The number of carboxylic acid groups (broad SMARTS) is 1. The van der Waals surface area contributed by atoms with Gasteiger partial charge in [-0.15, -0.1) is 0 Å². The highest BCUT2D eigenvalue weighted by atomic mass is 35.5. The standard InChI is InChI=1S/C22H24Cl3N3O3/c1-22(2,3)19-18(12-4-6-13(23)7-5-12)17(11-28(19)21(30)31)27-20(29)26-16-9-14(24)8-15(25)10-16/h4-10,17-19H,11H2,1-3H3,(H,30,31)(H2,26,27,29)/t17-,18-,19?/m0/s1. The molecule has 0 bridgehead atoms. The number of halogens is 3. The van der Waals surface area contributed by atoms with Gasteiger partial charge in [-0.2, -0.15) is 0 Å². The average Bonchev–Trinajstić information content (AvgIpc) is 3.01. The van der Waals surface area contributed by atoms with Crippen molar-refractivity contribution in [2.75, 3.05) is 11.9 Å². The van der Waals surface area contributed by atoms with E-state index >= 15 is 0 Å². The summed E-state index contributed by atoms with van der Waals surface area (Å²) in [4.78, 5) is 26.2. The molecule has 3 N–H and O–H groups in total. The van der Waals surface area contributed by atoms with Gasteiger partial charge in [-0.05, 0) is 41.3 Å². The predicted molar refractivity (Wildman–Crippen MR) is 125 cm³/mol. The molecule has 31 heavy (non-hydrogen) atoms. The molecule has 1 aliphatic rings. The highest BCUT2D eigenvalue weighted by Gasteiger charge is 2.50. The van der Waals surface area contributed by atoms with Crippen molar-refractivity contribution < 1.29 is 14.7 Å². The van der Waals surface area contributed by atoms with Crippen LogP contribution in [0.4, 0.5) is 15.3 Å². The number of nitrogens with one attached hydrogen (secondary N) is 2. The molecule has 0 aliphatic carbocycles. The summed E-state index contributed by atoms with van der Waals surface area (Å²) in [7, 11) is 0. The number of hydrogen-bond acceptors (Lipinski definition) is 2. The van der Waals surface area contributed by atoms with Crippen molar-refractivity contribution in [3.63, 3.8) is 0 Å². The molecule has 0 spiro atoms. The molecule has 0 radical (unpaired) electrons. The van der Waals surface area contributed by atoms with Crippen LogP contribution in [-0.4, -0.2) is 40.8 Å². The van der Waals surface area contributed by atoms with Crippen molar-refractivity contribution >= 4 is 52.6 Å². The summed E-state index contributed by atoms with van der Waals surface area (Å²) >= 11 is 18.1. The number of hydrogen-bond donors (Lipinski definition) is 3. The third-order valence-corrected chi connectivity index (χ3v) is 6.02. The molecule has 3 atom stereocenters. The van der Waals surface area contributed by atoms with Crippen LogP contribution in [0.5, 0.6) is 0 Å². The maximum atomic E-state index is 12.8. The molecule has 0 saturated carbocycles. The van der Waals surface area contributed by atoms with Crippen molar-refractivity contribution in [3.8, 4) is 0 Å². The van der Waals surface area contributed by atoms with Crippen molar-refractivity contribution in [2.45, 2.75) is 38.8 Å². The Morgan fingerprint density at radius 3 is 2.10 bits per heavy atom. The first-order valence-corrected chi connectivity index (χ1v) is 10.9. The lowest BCUT2D eigenvalue weighted by Gasteiger charge is -2.37. The van der Waals surface area contributed by atoms with Crippen molar-refractivity contribution in [2.24, 2.45) is 5.41 Å². The molecule has 3 amide bonds. The Balaban J connectivity index is 1.91. The molecule has 1 saturated heterocycles. The van der Waals surface area contributed by atoms with Crippen LogP contribution in [-0.2, 0) is 0 Å². The van der Waals surface area contributed by atoms with Gasteiger partial charge < -0.3 is 20.6 Å². The quantitative estimate of drug-likeness (QED) is 0.476. The van der Waals surface area contributed by atoms with Crippen LogP contribution in [0, 0.1) is 5.41 Å². The topological polar surface area (TPSA) is 81.7 Å². The van der Waals surface area contributed by atoms with Crippen LogP contribution in [0.1, 0.15) is 32.3 Å². The van der Waals surface area contributed by atoms with Gasteiger partial charge in [-0.25, -0.2) is 9.59 Å². The molecule has 6 nitrogen and oxygen atoms in total. The summed E-state index contributed by atoms with van der Waals surface area (Å²) in [5.41, 5.74) is 0.985. The summed E-state index contributed by atoms with van der Waals surface area (Å²) in [5, 5.41) is 16.9. The Morgan fingerprint density at radius 1 is 1.00 bits per heavy atom. The minimum atomic E-state index is -1.02. The number of rotatable bonds is 3. The Morgan fingerprint density at radius 2 is 1.58 bits per heavy atom. The second-order valence-electron chi connectivity index (χ2n) is 8.69. The zero-order chi connectivity index (χ0) is 22.9. The van der Waals surface area contributed by atoms with Gasteiger partial charge in [0, 0.05) is 39.3 Å². The summed E-state index contributed by atoms with van der Waals surface area (Å²) in [5.74, 6) is -0.262. The largest absolute Gasteiger partial charge is 0.465 e. The van der Waals surface area contributed by atoms with Crippen LogP contribution >= 0.6 is 34.8 Å². The normalized spacial score (nSPS) is 21.1. The molecule has 2 aromatic rings. The van der Waals surface area contributed by atoms with E-state index in [1.165, 1.54) is 4.90 Å². The van der Waals surface area contributed by atoms with E-state index in [1.54, 1.807) is 30.3 Å². The zero-order valence-electron chi connectivity index (χ0n) is 17.3. The highest BCUT2D eigenvalue weighted by molar-refractivity contribution is 6.35. The summed E-state index contributed by atoms with van der Waals surface area (Å²) in [6.45, 7) is 6.14. The monoisotopic (exact) mass is 483 g/mol. The van der Waals surface area contributed by atoms with E-state index < -0.39 is 18.2 Å². The number of anilines is 1. The molecule has 1 unspecified atom stereocenters. The van der Waals surface area contributed by atoms with Gasteiger partial charge >= 0.3 is 12.1 Å². The molecule has 1 heterocycles. The summed E-state index contributed by atoms with van der Waals surface area (Å²) < 4.78 is 0. The first-order valence-electron chi connectivity index (χ1n) is 9.74. The van der Waals surface area contributed by atoms with Gasteiger partial charge in [0.15, 0.2) is 0 Å². The minimum Gasteiger partial charge on any atom is -0.465 e. The molecule has 3 rings (SSSR count). The Labute approximate surface area is 196 Å². The molecular formula is C22H24Cl3N3O3. The van der Waals surface area contributed by atoms with Crippen LogP contribution in [0.25, 0.3) is 0 Å². The van der Waals surface area contributed by atoms with Gasteiger partial charge in [0.2, 0.25) is 0 Å². The number of urea groups is 1. The molecular weight excluding hydrogens is 461 g/mol. The van der Waals surface area contributed by atoms with E-state index in [-0.39, 0.29) is 23.9 Å². The van der Waals surface area contributed by atoms with Crippen molar-refractivity contribution in [1.82, 2.24) is 10.2 Å².